The van der Waals surface area contributed by atoms with Gasteiger partial charge in [-0.2, -0.15) is 0 Å². The summed E-state index contributed by atoms with van der Waals surface area (Å²) in [6, 6.07) is 19.0. The molecule has 0 radical (unpaired) electrons. The zero-order valence-electron chi connectivity index (χ0n) is 18.8. The number of hydrogen-bond donors (Lipinski definition) is 1. The van der Waals surface area contributed by atoms with Crippen LogP contribution >= 0.6 is 15.9 Å². The van der Waals surface area contributed by atoms with Crippen molar-refractivity contribution < 1.29 is 9.13 Å². The van der Waals surface area contributed by atoms with Gasteiger partial charge in [-0.25, -0.2) is 14.4 Å². The lowest BCUT2D eigenvalue weighted by Gasteiger charge is -2.32. The number of piperidine rings is 1. The maximum absolute atomic E-state index is 13.4. The van der Waals surface area contributed by atoms with Crippen molar-refractivity contribution in [3.8, 4) is 5.88 Å². The first-order chi connectivity index (χ1) is 16.6. The molecule has 2 aromatic heterocycles. The molecule has 1 N–H and O–H groups in total. The first-order valence-corrected chi connectivity index (χ1v) is 12.4. The lowest BCUT2D eigenvalue weighted by Crippen LogP contribution is -2.41. The van der Waals surface area contributed by atoms with Crippen LogP contribution in [0.3, 0.4) is 0 Å². The number of anilines is 1. The second kappa shape index (κ2) is 10.5. The number of ether oxygens (including phenoxy) is 1. The lowest BCUT2D eigenvalue weighted by atomic mass is 10.1. The zero-order chi connectivity index (χ0) is 23.3. The maximum atomic E-state index is 13.4. The molecule has 0 amide bonds. The predicted molar refractivity (Wildman–Crippen MR) is 136 cm³/mol. The summed E-state index contributed by atoms with van der Waals surface area (Å²) >= 11 is 3.39. The van der Waals surface area contributed by atoms with Crippen molar-refractivity contribution in [2.24, 2.45) is 0 Å². The highest BCUT2D eigenvalue weighted by Gasteiger charge is 2.21. The van der Waals surface area contributed by atoms with Gasteiger partial charge in [-0.3, -0.25) is 4.90 Å². The Morgan fingerprint density at radius 3 is 2.59 bits per heavy atom. The van der Waals surface area contributed by atoms with E-state index in [4.69, 9.17) is 9.72 Å². The number of nitrogens with zero attached hydrogens (tertiary/aromatic N) is 4. The van der Waals surface area contributed by atoms with E-state index in [0.717, 1.165) is 59.5 Å². The Kier molecular flexibility index (Phi) is 7.06. The van der Waals surface area contributed by atoms with E-state index in [-0.39, 0.29) is 5.82 Å². The molecule has 176 valence electrons. The van der Waals surface area contributed by atoms with Gasteiger partial charge in [0.2, 0.25) is 11.8 Å². The number of para-hydroxylation sites is 2. The zero-order valence-corrected chi connectivity index (χ0v) is 20.4. The number of fused-ring (bicyclic) bond motifs is 1. The quantitative estimate of drug-likeness (QED) is 0.338. The Morgan fingerprint density at radius 2 is 1.82 bits per heavy atom. The molecular weight excluding hydrogens is 497 g/mol. The molecule has 6 nitrogen and oxygen atoms in total. The third kappa shape index (κ3) is 5.56. The van der Waals surface area contributed by atoms with Crippen LogP contribution in [-0.2, 0) is 6.54 Å². The predicted octanol–water partition coefficient (Wildman–Crippen LogP) is 5.34. The molecule has 5 rings (SSSR count). The van der Waals surface area contributed by atoms with Crippen molar-refractivity contribution in [2.75, 3.05) is 31.6 Å². The molecule has 0 spiro atoms. The number of aromatic nitrogens is 3. The van der Waals surface area contributed by atoms with Gasteiger partial charge in [0.05, 0.1) is 17.6 Å². The van der Waals surface area contributed by atoms with Crippen LogP contribution in [0.1, 0.15) is 18.4 Å². The topological polar surface area (TPSA) is 55.2 Å². The number of likely N-dealkylation sites (tertiary alicyclic amines) is 1. The molecule has 0 saturated carbocycles. The molecule has 1 saturated heterocycles. The first-order valence-electron chi connectivity index (χ1n) is 11.6. The Hall–Kier alpha value is -2.97. The van der Waals surface area contributed by atoms with Gasteiger partial charge < -0.3 is 14.6 Å². The summed E-state index contributed by atoms with van der Waals surface area (Å²) in [5, 5.41) is 3.68. The molecule has 0 atom stereocenters. The highest BCUT2D eigenvalue weighted by molar-refractivity contribution is 9.10. The van der Waals surface area contributed by atoms with Crippen LogP contribution in [-0.4, -0.2) is 51.7 Å². The van der Waals surface area contributed by atoms with E-state index >= 15 is 0 Å². The standard InChI is InChI=1S/C26H27BrFN5O/c27-20-7-10-25(29-17-20)34-16-15-32-13-11-22(12-14-32)30-26-31-23-3-1-2-4-24(23)33(26)18-19-5-8-21(28)9-6-19/h1-10,17,22H,11-16,18H2,(H,30,31). The lowest BCUT2D eigenvalue weighted by molar-refractivity contribution is 0.175. The number of nitrogens with one attached hydrogen (secondary N) is 1. The van der Waals surface area contributed by atoms with Gasteiger partial charge >= 0.3 is 0 Å². The van der Waals surface area contributed by atoms with Crippen LogP contribution in [0.5, 0.6) is 5.88 Å². The highest BCUT2D eigenvalue weighted by atomic mass is 79.9. The Labute approximate surface area is 206 Å². The number of pyridine rings is 1. The average molecular weight is 524 g/mol. The minimum Gasteiger partial charge on any atom is -0.476 e. The van der Waals surface area contributed by atoms with E-state index in [0.29, 0.717) is 25.1 Å². The Balaban J connectivity index is 1.18. The molecule has 8 heteroatoms. The number of imidazole rings is 1. The highest BCUT2D eigenvalue weighted by Crippen LogP contribution is 2.24. The van der Waals surface area contributed by atoms with Crippen LogP contribution in [0, 0.1) is 5.82 Å². The second-order valence-corrected chi connectivity index (χ2v) is 9.48. The molecule has 4 aromatic rings. The van der Waals surface area contributed by atoms with Gasteiger partial charge in [0.15, 0.2) is 0 Å². The fourth-order valence-corrected chi connectivity index (χ4v) is 4.56. The number of rotatable bonds is 8. The van der Waals surface area contributed by atoms with E-state index in [1.165, 1.54) is 12.1 Å². The summed E-state index contributed by atoms with van der Waals surface area (Å²) in [5.41, 5.74) is 3.08. The molecular formula is C26H27BrFN5O. The molecule has 34 heavy (non-hydrogen) atoms. The fraction of sp³-hybridized carbons (Fsp3) is 0.308. The number of benzene rings is 2. The number of hydrogen-bond acceptors (Lipinski definition) is 5. The summed E-state index contributed by atoms with van der Waals surface area (Å²) in [5.74, 6) is 1.30. The van der Waals surface area contributed by atoms with Crippen molar-refractivity contribution in [1.82, 2.24) is 19.4 Å². The van der Waals surface area contributed by atoms with Crippen molar-refractivity contribution in [1.29, 1.82) is 0 Å². The molecule has 1 aliphatic rings. The second-order valence-electron chi connectivity index (χ2n) is 8.56. The van der Waals surface area contributed by atoms with Crippen molar-refractivity contribution in [3.05, 3.63) is 82.7 Å². The van der Waals surface area contributed by atoms with Crippen molar-refractivity contribution in [3.63, 3.8) is 0 Å². The minimum atomic E-state index is -0.220. The fourth-order valence-electron chi connectivity index (χ4n) is 4.33. The smallest absolute Gasteiger partial charge is 0.213 e. The molecule has 3 heterocycles. The van der Waals surface area contributed by atoms with E-state index in [9.17, 15) is 4.39 Å². The van der Waals surface area contributed by atoms with Gasteiger partial charge in [0.1, 0.15) is 12.4 Å². The minimum absolute atomic E-state index is 0.220. The van der Waals surface area contributed by atoms with Crippen LogP contribution < -0.4 is 10.1 Å². The van der Waals surface area contributed by atoms with E-state index in [1.54, 1.807) is 6.20 Å². The molecule has 2 aromatic carbocycles. The molecule has 1 fully saturated rings. The van der Waals surface area contributed by atoms with Gasteiger partial charge in [-0.1, -0.05) is 24.3 Å². The largest absolute Gasteiger partial charge is 0.476 e. The van der Waals surface area contributed by atoms with E-state index < -0.39 is 0 Å². The van der Waals surface area contributed by atoms with Gasteiger partial charge in [-0.15, -0.1) is 0 Å². The molecule has 0 aliphatic carbocycles. The maximum Gasteiger partial charge on any atom is 0.213 e. The summed E-state index contributed by atoms with van der Waals surface area (Å²) < 4.78 is 22.3. The normalized spacial score (nSPS) is 15.0. The summed E-state index contributed by atoms with van der Waals surface area (Å²) in [7, 11) is 0. The van der Waals surface area contributed by atoms with Gasteiger partial charge in [0.25, 0.3) is 0 Å². The SMILES string of the molecule is Fc1ccc(Cn2c(NC3CCN(CCOc4ccc(Br)cn4)CC3)nc3ccccc32)cc1. The van der Waals surface area contributed by atoms with E-state index in [1.807, 2.05) is 42.5 Å². The average Bonchev–Trinajstić information content (AvgIpc) is 3.19. The third-order valence-electron chi connectivity index (χ3n) is 6.19. The third-order valence-corrected chi connectivity index (χ3v) is 6.66. The summed E-state index contributed by atoms with van der Waals surface area (Å²) in [6.45, 7) is 4.16. The Bertz CT molecular complexity index is 1220. The van der Waals surface area contributed by atoms with Crippen LogP contribution in [0.4, 0.5) is 10.3 Å². The first kappa shape index (κ1) is 22.8. The van der Waals surface area contributed by atoms with Crippen LogP contribution in [0.25, 0.3) is 11.0 Å². The molecule has 1 aliphatic heterocycles. The molecule has 0 bridgehead atoms. The van der Waals surface area contributed by atoms with Crippen molar-refractivity contribution in [2.45, 2.75) is 25.4 Å². The molecule has 0 unspecified atom stereocenters. The van der Waals surface area contributed by atoms with Gasteiger partial charge in [-0.05, 0) is 64.7 Å². The Morgan fingerprint density at radius 1 is 1.03 bits per heavy atom. The van der Waals surface area contributed by atoms with E-state index in [2.05, 4.69) is 41.8 Å². The number of halogens is 2. The summed E-state index contributed by atoms with van der Waals surface area (Å²) in [4.78, 5) is 11.5. The summed E-state index contributed by atoms with van der Waals surface area (Å²) in [6.07, 6.45) is 3.82. The monoisotopic (exact) mass is 523 g/mol. The van der Waals surface area contributed by atoms with Crippen LogP contribution in [0.15, 0.2) is 71.3 Å². The van der Waals surface area contributed by atoms with Crippen molar-refractivity contribution >= 4 is 32.9 Å². The van der Waals surface area contributed by atoms with Gasteiger partial charge in [0, 0.05) is 42.4 Å². The van der Waals surface area contributed by atoms with Crippen LogP contribution in [0.2, 0.25) is 0 Å².